The molecular weight excluding hydrogens is 201 g/mol. The van der Waals surface area contributed by atoms with Gasteiger partial charge in [0.25, 0.3) is 0 Å². The van der Waals surface area contributed by atoms with Crippen molar-refractivity contribution in [3.63, 3.8) is 0 Å². The minimum Gasteiger partial charge on any atom is -0.260 e. The molecule has 0 saturated heterocycles. The fourth-order valence-corrected chi connectivity index (χ4v) is 1.98. The normalized spacial score (nSPS) is 11.3. The molecule has 0 aliphatic heterocycles. The summed E-state index contributed by atoms with van der Waals surface area (Å²) in [5, 5.41) is 1.63. The van der Waals surface area contributed by atoms with Gasteiger partial charge in [-0.05, 0) is 36.1 Å². The number of aromatic nitrogens is 1. The molecule has 0 amide bonds. The van der Waals surface area contributed by atoms with Gasteiger partial charge in [0, 0.05) is 17.0 Å². The molecule has 16 heavy (non-hydrogen) atoms. The van der Waals surface area contributed by atoms with Gasteiger partial charge in [-0.25, -0.2) is 4.39 Å². The SMILES string of the molecule is CCc1cc(F)c2ccnc(C(C)C)c2c1. The molecule has 2 aromatic rings. The highest BCUT2D eigenvalue weighted by molar-refractivity contribution is 5.86. The second-order valence-electron chi connectivity index (χ2n) is 4.38. The Balaban J connectivity index is 2.79. The summed E-state index contributed by atoms with van der Waals surface area (Å²) in [6.45, 7) is 6.20. The zero-order valence-electron chi connectivity index (χ0n) is 9.92. The van der Waals surface area contributed by atoms with E-state index in [4.69, 9.17) is 0 Å². The maximum Gasteiger partial charge on any atom is 0.131 e. The van der Waals surface area contributed by atoms with Crippen LogP contribution in [-0.2, 0) is 6.42 Å². The van der Waals surface area contributed by atoms with E-state index in [0.717, 1.165) is 23.1 Å². The van der Waals surface area contributed by atoms with Crippen LogP contribution in [0.15, 0.2) is 24.4 Å². The minimum absolute atomic E-state index is 0.140. The molecule has 2 heteroatoms. The highest BCUT2D eigenvalue weighted by atomic mass is 19.1. The van der Waals surface area contributed by atoms with Crippen molar-refractivity contribution in [2.75, 3.05) is 0 Å². The average molecular weight is 217 g/mol. The van der Waals surface area contributed by atoms with E-state index >= 15 is 0 Å². The number of nitrogens with zero attached hydrogens (tertiary/aromatic N) is 1. The van der Waals surface area contributed by atoms with Crippen LogP contribution in [0.4, 0.5) is 4.39 Å². The monoisotopic (exact) mass is 217 g/mol. The van der Waals surface area contributed by atoms with Gasteiger partial charge in [-0.2, -0.15) is 0 Å². The molecule has 2 rings (SSSR count). The van der Waals surface area contributed by atoms with Crippen molar-refractivity contribution in [3.05, 3.63) is 41.5 Å². The number of fused-ring (bicyclic) bond motifs is 1. The Kier molecular flexibility index (Phi) is 2.90. The van der Waals surface area contributed by atoms with Gasteiger partial charge in [-0.3, -0.25) is 4.98 Å². The molecule has 0 N–H and O–H groups in total. The van der Waals surface area contributed by atoms with E-state index in [-0.39, 0.29) is 5.82 Å². The number of rotatable bonds is 2. The highest BCUT2D eigenvalue weighted by Crippen LogP contribution is 2.26. The van der Waals surface area contributed by atoms with E-state index in [1.165, 1.54) is 0 Å². The third-order valence-corrected chi connectivity index (χ3v) is 2.88. The van der Waals surface area contributed by atoms with Crippen LogP contribution in [0.1, 0.15) is 37.9 Å². The molecule has 0 atom stereocenters. The lowest BCUT2D eigenvalue weighted by atomic mass is 9.99. The third-order valence-electron chi connectivity index (χ3n) is 2.88. The van der Waals surface area contributed by atoms with Gasteiger partial charge in [0.2, 0.25) is 0 Å². The summed E-state index contributed by atoms with van der Waals surface area (Å²) in [6, 6.07) is 5.42. The molecule has 0 unspecified atom stereocenters. The van der Waals surface area contributed by atoms with Crippen molar-refractivity contribution in [1.29, 1.82) is 0 Å². The highest BCUT2D eigenvalue weighted by Gasteiger charge is 2.10. The van der Waals surface area contributed by atoms with Gasteiger partial charge in [0.15, 0.2) is 0 Å². The Bertz CT molecular complexity index is 517. The van der Waals surface area contributed by atoms with E-state index in [1.807, 2.05) is 6.92 Å². The summed E-state index contributed by atoms with van der Waals surface area (Å²) in [5.41, 5.74) is 2.01. The zero-order valence-corrected chi connectivity index (χ0v) is 9.92. The van der Waals surface area contributed by atoms with Crippen LogP contribution in [-0.4, -0.2) is 4.98 Å². The van der Waals surface area contributed by atoms with E-state index in [2.05, 4.69) is 24.9 Å². The van der Waals surface area contributed by atoms with Gasteiger partial charge < -0.3 is 0 Å². The summed E-state index contributed by atoms with van der Waals surface area (Å²) in [4.78, 5) is 4.36. The van der Waals surface area contributed by atoms with Gasteiger partial charge in [0.1, 0.15) is 5.82 Å². The van der Waals surface area contributed by atoms with Gasteiger partial charge in [-0.1, -0.05) is 20.8 Å². The summed E-state index contributed by atoms with van der Waals surface area (Å²) in [6.07, 6.45) is 2.53. The first-order valence-electron chi connectivity index (χ1n) is 5.70. The van der Waals surface area contributed by atoms with Crippen molar-refractivity contribution in [1.82, 2.24) is 4.98 Å². The molecule has 1 heterocycles. The smallest absolute Gasteiger partial charge is 0.131 e. The fourth-order valence-electron chi connectivity index (χ4n) is 1.98. The number of hydrogen-bond donors (Lipinski definition) is 0. The molecule has 0 fully saturated rings. The van der Waals surface area contributed by atoms with Gasteiger partial charge >= 0.3 is 0 Å². The topological polar surface area (TPSA) is 12.9 Å². The van der Waals surface area contributed by atoms with Crippen molar-refractivity contribution in [2.45, 2.75) is 33.1 Å². The lowest BCUT2D eigenvalue weighted by Crippen LogP contribution is -1.96. The molecule has 0 aliphatic carbocycles. The van der Waals surface area contributed by atoms with Crippen LogP contribution in [0, 0.1) is 5.82 Å². The number of halogens is 1. The van der Waals surface area contributed by atoms with E-state index in [1.54, 1.807) is 18.3 Å². The average Bonchev–Trinajstić information content (AvgIpc) is 2.28. The van der Waals surface area contributed by atoms with Crippen molar-refractivity contribution in [2.24, 2.45) is 0 Å². The number of benzene rings is 1. The predicted octanol–water partition coefficient (Wildman–Crippen LogP) is 4.06. The second kappa shape index (κ2) is 4.20. The molecular formula is C14H16FN. The molecule has 1 aromatic carbocycles. The molecule has 0 radical (unpaired) electrons. The summed E-state index contributed by atoms with van der Waals surface area (Å²) < 4.78 is 13.8. The molecule has 84 valence electrons. The molecule has 0 aliphatic rings. The van der Waals surface area contributed by atoms with E-state index in [0.29, 0.717) is 11.3 Å². The lowest BCUT2D eigenvalue weighted by Gasteiger charge is -2.10. The summed E-state index contributed by atoms with van der Waals surface area (Å²) >= 11 is 0. The Morgan fingerprint density at radius 2 is 2.00 bits per heavy atom. The van der Waals surface area contributed by atoms with Crippen LogP contribution >= 0.6 is 0 Å². The molecule has 0 saturated carbocycles. The maximum absolute atomic E-state index is 13.8. The first-order chi connectivity index (χ1) is 7.63. The Morgan fingerprint density at radius 3 is 2.62 bits per heavy atom. The standard InChI is InChI=1S/C14H16FN/c1-4-10-7-12-11(13(15)8-10)5-6-16-14(12)9(2)3/h5-9H,4H2,1-3H3. The fraction of sp³-hybridized carbons (Fsp3) is 0.357. The Hall–Kier alpha value is -1.44. The molecule has 0 spiro atoms. The Labute approximate surface area is 95.3 Å². The molecule has 1 aromatic heterocycles. The molecule has 0 bridgehead atoms. The van der Waals surface area contributed by atoms with Gasteiger partial charge in [0.05, 0.1) is 5.69 Å². The zero-order chi connectivity index (χ0) is 11.7. The number of hydrogen-bond acceptors (Lipinski definition) is 1. The van der Waals surface area contributed by atoms with Crippen LogP contribution in [0.25, 0.3) is 10.8 Å². The number of pyridine rings is 1. The molecule has 1 nitrogen and oxygen atoms in total. The Morgan fingerprint density at radius 1 is 1.25 bits per heavy atom. The number of aryl methyl sites for hydroxylation is 1. The van der Waals surface area contributed by atoms with E-state index < -0.39 is 0 Å². The predicted molar refractivity (Wildman–Crippen MR) is 65.2 cm³/mol. The van der Waals surface area contributed by atoms with Crippen molar-refractivity contribution >= 4 is 10.8 Å². The first-order valence-corrected chi connectivity index (χ1v) is 5.70. The van der Waals surface area contributed by atoms with Crippen LogP contribution in [0.3, 0.4) is 0 Å². The van der Waals surface area contributed by atoms with Crippen LogP contribution < -0.4 is 0 Å². The third kappa shape index (κ3) is 1.80. The van der Waals surface area contributed by atoms with Crippen LogP contribution in [0.2, 0.25) is 0 Å². The maximum atomic E-state index is 13.8. The quantitative estimate of drug-likeness (QED) is 0.739. The lowest BCUT2D eigenvalue weighted by molar-refractivity contribution is 0.637. The first kappa shape index (κ1) is 11.1. The second-order valence-corrected chi connectivity index (χ2v) is 4.38. The van der Waals surface area contributed by atoms with Gasteiger partial charge in [-0.15, -0.1) is 0 Å². The largest absolute Gasteiger partial charge is 0.260 e. The minimum atomic E-state index is -0.140. The van der Waals surface area contributed by atoms with Crippen molar-refractivity contribution < 1.29 is 4.39 Å². The van der Waals surface area contributed by atoms with E-state index in [9.17, 15) is 4.39 Å². The van der Waals surface area contributed by atoms with Crippen LogP contribution in [0.5, 0.6) is 0 Å². The summed E-state index contributed by atoms with van der Waals surface area (Å²) in [5.74, 6) is 0.175. The van der Waals surface area contributed by atoms with Crippen molar-refractivity contribution in [3.8, 4) is 0 Å². The summed E-state index contributed by atoms with van der Waals surface area (Å²) in [7, 11) is 0.